The molecule has 0 atom stereocenters. The molecular weight excluding hydrogens is 627 g/mol. The molecule has 0 unspecified atom stereocenters. The lowest BCUT2D eigenvalue weighted by molar-refractivity contribution is 0.491. The number of nitrogens with zero attached hydrogens (tertiary/aromatic N) is 1. The van der Waals surface area contributed by atoms with E-state index in [0.29, 0.717) is 0 Å². The number of hydrogen-bond donors (Lipinski definition) is 0. The minimum atomic E-state index is -0.0552. The van der Waals surface area contributed by atoms with Crippen molar-refractivity contribution in [3.63, 3.8) is 0 Å². The van der Waals surface area contributed by atoms with E-state index < -0.39 is 0 Å². The van der Waals surface area contributed by atoms with Gasteiger partial charge in [-0.1, -0.05) is 166 Å². The molecule has 0 bridgehead atoms. The van der Waals surface area contributed by atoms with E-state index in [1.54, 1.807) is 0 Å². The summed E-state index contributed by atoms with van der Waals surface area (Å²) < 4.78 is 0. The summed E-state index contributed by atoms with van der Waals surface area (Å²) in [6.45, 7) is 4.72. The molecule has 0 saturated heterocycles. The van der Waals surface area contributed by atoms with Gasteiger partial charge in [-0.25, -0.2) is 0 Å². The lowest BCUT2D eigenvalue weighted by atomic mass is 9.73. The molecule has 0 saturated carbocycles. The molecular formula is C51H41N. The summed E-state index contributed by atoms with van der Waals surface area (Å²) in [7, 11) is 0. The SMILES string of the molecule is CCC1(CC)c2ccccc2-c2c1cc1ccc(-c3ccccc3)cc1c2N(c1ccccc1)c1ccc(-c2ccccc2-c2ccccc2)cc1. The van der Waals surface area contributed by atoms with Crippen molar-refractivity contribution in [3.05, 3.63) is 199 Å². The average molecular weight is 668 g/mol. The number of rotatable bonds is 8. The van der Waals surface area contributed by atoms with Crippen molar-refractivity contribution < 1.29 is 0 Å². The van der Waals surface area contributed by atoms with Crippen LogP contribution in [0.4, 0.5) is 17.1 Å². The molecule has 0 N–H and O–H groups in total. The average Bonchev–Trinajstić information content (AvgIpc) is 3.51. The third-order valence-electron chi connectivity index (χ3n) is 11.3. The van der Waals surface area contributed by atoms with Gasteiger partial charge in [0.1, 0.15) is 0 Å². The van der Waals surface area contributed by atoms with E-state index in [1.165, 1.54) is 72.1 Å². The third-order valence-corrected chi connectivity index (χ3v) is 11.3. The molecule has 1 nitrogen and oxygen atoms in total. The Hall–Kier alpha value is -6.18. The Labute approximate surface area is 307 Å². The van der Waals surface area contributed by atoms with Crippen LogP contribution in [0.1, 0.15) is 37.8 Å². The lowest BCUT2D eigenvalue weighted by Crippen LogP contribution is -2.23. The van der Waals surface area contributed by atoms with E-state index >= 15 is 0 Å². The smallest absolute Gasteiger partial charge is 0.0621 e. The van der Waals surface area contributed by atoms with Gasteiger partial charge in [0.2, 0.25) is 0 Å². The van der Waals surface area contributed by atoms with Crippen LogP contribution in [-0.2, 0) is 5.41 Å². The maximum Gasteiger partial charge on any atom is 0.0621 e. The molecule has 0 spiro atoms. The van der Waals surface area contributed by atoms with Crippen LogP contribution in [-0.4, -0.2) is 0 Å². The van der Waals surface area contributed by atoms with Gasteiger partial charge in [-0.3, -0.25) is 0 Å². The highest BCUT2D eigenvalue weighted by Crippen LogP contribution is 2.59. The zero-order chi connectivity index (χ0) is 35.1. The van der Waals surface area contributed by atoms with Crippen molar-refractivity contribution in [3.8, 4) is 44.5 Å². The van der Waals surface area contributed by atoms with E-state index in [1.807, 2.05) is 0 Å². The fraction of sp³-hybridized carbons (Fsp3) is 0.0980. The Balaban J connectivity index is 1.32. The fourth-order valence-corrected chi connectivity index (χ4v) is 8.72. The molecule has 0 fully saturated rings. The van der Waals surface area contributed by atoms with E-state index in [9.17, 15) is 0 Å². The van der Waals surface area contributed by atoms with Crippen LogP contribution in [0.5, 0.6) is 0 Å². The summed E-state index contributed by atoms with van der Waals surface area (Å²) in [6, 6.07) is 69.0. The molecule has 8 aromatic carbocycles. The lowest BCUT2D eigenvalue weighted by Gasteiger charge is -2.32. The normalized spacial score (nSPS) is 12.7. The van der Waals surface area contributed by atoms with Gasteiger partial charge in [0.05, 0.1) is 5.69 Å². The molecule has 1 aliphatic rings. The minimum absolute atomic E-state index is 0.0552. The first kappa shape index (κ1) is 31.8. The Morgan fingerprint density at radius 3 is 1.54 bits per heavy atom. The minimum Gasteiger partial charge on any atom is -0.309 e. The van der Waals surface area contributed by atoms with Gasteiger partial charge in [-0.15, -0.1) is 0 Å². The van der Waals surface area contributed by atoms with Gasteiger partial charge in [0.25, 0.3) is 0 Å². The summed E-state index contributed by atoms with van der Waals surface area (Å²) in [6.07, 6.45) is 2.09. The highest BCUT2D eigenvalue weighted by atomic mass is 15.1. The molecule has 0 amide bonds. The van der Waals surface area contributed by atoms with Crippen molar-refractivity contribution in [1.29, 1.82) is 0 Å². The molecule has 0 radical (unpaired) electrons. The Morgan fingerprint density at radius 2 is 0.904 bits per heavy atom. The van der Waals surface area contributed by atoms with Crippen LogP contribution < -0.4 is 4.90 Å². The van der Waals surface area contributed by atoms with Crippen molar-refractivity contribution in [1.82, 2.24) is 0 Å². The van der Waals surface area contributed by atoms with Crippen LogP contribution >= 0.6 is 0 Å². The second kappa shape index (κ2) is 13.2. The topological polar surface area (TPSA) is 3.24 Å². The number of benzene rings is 8. The molecule has 0 aromatic heterocycles. The predicted molar refractivity (Wildman–Crippen MR) is 222 cm³/mol. The molecule has 52 heavy (non-hydrogen) atoms. The highest BCUT2D eigenvalue weighted by molar-refractivity contribution is 6.11. The third kappa shape index (κ3) is 5.16. The summed E-state index contributed by atoms with van der Waals surface area (Å²) >= 11 is 0. The number of fused-ring (bicyclic) bond motifs is 4. The second-order valence-electron chi connectivity index (χ2n) is 13.9. The fourth-order valence-electron chi connectivity index (χ4n) is 8.72. The van der Waals surface area contributed by atoms with Gasteiger partial charge in [0.15, 0.2) is 0 Å². The predicted octanol–water partition coefficient (Wildman–Crippen LogP) is 14.4. The Bertz CT molecular complexity index is 2510. The van der Waals surface area contributed by atoms with Crippen molar-refractivity contribution in [2.45, 2.75) is 32.1 Å². The maximum atomic E-state index is 2.51. The zero-order valence-electron chi connectivity index (χ0n) is 29.8. The van der Waals surface area contributed by atoms with E-state index in [4.69, 9.17) is 0 Å². The Morgan fingerprint density at radius 1 is 0.404 bits per heavy atom. The summed E-state index contributed by atoms with van der Waals surface area (Å²) in [5.74, 6) is 0. The summed E-state index contributed by atoms with van der Waals surface area (Å²) in [5, 5.41) is 2.52. The monoisotopic (exact) mass is 667 g/mol. The van der Waals surface area contributed by atoms with E-state index in [0.717, 1.165) is 24.2 Å². The van der Waals surface area contributed by atoms with Gasteiger partial charge < -0.3 is 4.90 Å². The molecule has 1 heteroatoms. The van der Waals surface area contributed by atoms with Gasteiger partial charge >= 0.3 is 0 Å². The van der Waals surface area contributed by atoms with Crippen LogP contribution in [0, 0.1) is 0 Å². The zero-order valence-corrected chi connectivity index (χ0v) is 29.8. The summed E-state index contributed by atoms with van der Waals surface area (Å²) in [5.41, 5.74) is 16.4. The van der Waals surface area contributed by atoms with Crippen LogP contribution in [0.25, 0.3) is 55.3 Å². The van der Waals surface area contributed by atoms with E-state index in [-0.39, 0.29) is 5.41 Å². The van der Waals surface area contributed by atoms with E-state index in [2.05, 4.69) is 207 Å². The van der Waals surface area contributed by atoms with Crippen LogP contribution in [0.2, 0.25) is 0 Å². The van der Waals surface area contributed by atoms with Crippen molar-refractivity contribution >= 4 is 27.8 Å². The quantitative estimate of drug-likeness (QED) is 0.156. The van der Waals surface area contributed by atoms with Gasteiger partial charge in [-0.05, 0) is 105 Å². The maximum absolute atomic E-state index is 2.51. The first-order chi connectivity index (χ1) is 25.7. The number of anilines is 3. The standard InChI is InChI=1S/C51H41N/c1-3-51(4-2)47-27-17-16-26-45(47)49-48(51)35-40-29-28-39(36-18-8-5-9-19-36)34-46(40)50(49)52(41-22-12-7-13-23-41)42-32-30-38(31-33-42)44-25-15-14-24-43(44)37-20-10-6-11-21-37/h5-35H,3-4H2,1-2H3. The summed E-state index contributed by atoms with van der Waals surface area (Å²) in [4.78, 5) is 2.51. The number of para-hydroxylation sites is 1. The Kier molecular flexibility index (Phi) is 8.05. The molecule has 1 aliphatic carbocycles. The highest BCUT2D eigenvalue weighted by Gasteiger charge is 2.43. The molecule has 0 heterocycles. The van der Waals surface area contributed by atoms with Crippen LogP contribution in [0.3, 0.4) is 0 Å². The first-order valence-electron chi connectivity index (χ1n) is 18.6. The van der Waals surface area contributed by atoms with Crippen LogP contribution in [0.15, 0.2) is 188 Å². The van der Waals surface area contributed by atoms with Gasteiger partial charge in [-0.2, -0.15) is 0 Å². The molecule has 9 rings (SSSR count). The number of hydrogen-bond acceptors (Lipinski definition) is 1. The van der Waals surface area contributed by atoms with Crippen molar-refractivity contribution in [2.24, 2.45) is 0 Å². The largest absolute Gasteiger partial charge is 0.309 e. The van der Waals surface area contributed by atoms with Crippen molar-refractivity contribution in [2.75, 3.05) is 4.90 Å². The first-order valence-corrected chi connectivity index (χ1v) is 18.6. The van der Waals surface area contributed by atoms with Gasteiger partial charge in [0, 0.05) is 27.7 Å². The molecule has 8 aromatic rings. The molecule has 250 valence electrons. The molecule has 0 aliphatic heterocycles. The second-order valence-corrected chi connectivity index (χ2v) is 13.9.